The van der Waals surface area contributed by atoms with Gasteiger partial charge in [0.15, 0.2) is 5.11 Å². The monoisotopic (exact) mass is 514 g/mol. The Balaban J connectivity index is 1.57. The predicted molar refractivity (Wildman–Crippen MR) is 146 cm³/mol. The van der Waals surface area contributed by atoms with Crippen molar-refractivity contribution >= 4 is 34.6 Å². The number of hydrogen-bond donors (Lipinski definition) is 2. The molecule has 1 aliphatic heterocycles. The van der Waals surface area contributed by atoms with E-state index in [4.69, 9.17) is 26.1 Å². The molecule has 1 aliphatic rings. The largest absolute Gasteiger partial charge is 0.495 e. The van der Waals surface area contributed by atoms with Gasteiger partial charge in [-0.25, -0.2) is 0 Å². The lowest BCUT2D eigenvalue weighted by Gasteiger charge is -2.27. The van der Waals surface area contributed by atoms with Crippen molar-refractivity contribution in [1.29, 1.82) is 0 Å². The summed E-state index contributed by atoms with van der Waals surface area (Å²) < 4.78 is 16.8. The molecule has 5 rings (SSSR count). The fourth-order valence-electron chi connectivity index (χ4n) is 4.45. The van der Waals surface area contributed by atoms with Crippen LogP contribution in [0.15, 0.2) is 89.5 Å². The molecule has 1 fully saturated rings. The average molecular weight is 515 g/mol. The lowest BCUT2D eigenvalue weighted by Crippen LogP contribution is -2.29. The number of hydrogen-bond acceptors (Lipinski definition) is 6. The number of rotatable bonds is 8. The van der Waals surface area contributed by atoms with Crippen LogP contribution in [0.5, 0.6) is 5.75 Å². The number of methoxy groups -OCH3 is 2. The Kier molecular flexibility index (Phi) is 7.16. The topological polar surface area (TPSA) is 88.9 Å². The molecule has 3 heterocycles. The van der Waals surface area contributed by atoms with Crippen molar-refractivity contribution < 1.29 is 18.7 Å². The van der Waals surface area contributed by atoms with E-state index in [0.717, 1.165) is 28.5 Å². The molecule has 2 N–H and O–H groups in total. The van der Waals surface area contributed by atoms with Gasteiger partial charge in [0.25, 0.3) is 0 Å². The van der Waals surface area contributed by atoms with E-state index in [1.807, 2.05) is 77.7 Å². The van der Waals surface area contributed by atoms with E-state index < -0.39 is 0 Å². The number of pyridine rings is 1. The summed E-state index contributed by atoms with van der Waals surface area (Å²) in [6, 6.07) is 24.6. The van der Waals surface area contributed by atoms with Crippen molar-refractivity contribution in [2.75, 3.05) is 31.0 Å². The van der Waals surface area contributed by atoms with Crippen LogP contribution >= 0.6 is 12.2 Å². The van der Waals surface area contributed by atoms with E-state index >= 15 is 0 Å². The molecule has 188 valence electrons. The van der Waals surface area contributed by atoms with Crippen LogP contribution in [0.4, 0.5) is 11.4 Å². The van der Waals surface area contributed by atoms with Crippen LogP contribution in [-0.2, 0) is 9.53 Å². The molecule has 2 aromatic carbocycles. The standard InChI is InChI=1S/C28H26N4O4S/c1-34-17-25(33)30-21-16-19(11-12-23(21)35-2)32-27(26(31-28(32)37)20-10-6-7-15-29-20)24-14-13-22(36-24)18-8-4-3-5-9-18/h3-16,26-27H,17H2,1-2H3,(H,30,33)(H,31,37)/t26-,27+/m1/s1. The molecule has 0 radical (unpaired) electrons. The molecular formula is C28H26N4O4S. The second-order valence-electron chi connectivity index (χ2n) is 8.43. The lowest BCUT2D eigenvalue weighted by atomic mass is 10.0. The van der Waals surface area contributed by atoms with Gasteiger partial charge in [0.2, 0.25) is 5.91 Å². The van der Waals surface area contributed by atoms with Crippen molar-refractivity contribution in [3.8, 4) is 17.1 Å². The number of nitrogens with one attached hydrogen (secondary N) is 2. The molecule has 4 aromatic rings. The number of nitrogens with zero attached hydrogens (tertiary/aromatic N) is 2. The number of benzene rings is 2. The third-order valence-electron chi connectivity index (χ3n) is 6.09. The molecule has 2 atom stereocenters. The third-order valence-corrected chi connectivity index (χ3v) is 6.40. The fraction of sp³-hybridized carbons (Fsp3) is 0.179. The van der Waals surface area contributed by atoms with Gasteiger partial charge in [-0.3, -0.25) is 9.78 Å². The summed E-state index contributed by atoms with van der Waals surface area (Å²) in [5.41, 5.74) is 3.08. The lowest BCUT2D eigenvalue weighted by molar-refractivity contribution is -0.119. The van der Waals surface area contributed by atoms with Crippen molar-refractivity contribution in [1.82, 2.24) is 10.3 Å². The maximum absolute atomic E-state index is 12.3. The third kappa shape index (κ3) is 5.04. The second-order valence-corrected chi connectivity index (χ2v) is 8.82. The Bertz CT molecular complexity index is 1390. The minimum absolute atomic E-state index is 0.0733. The van der Waals surface area contributed by atoms with E-state index in [2.05, 4.69) is 15.6 Å². The first-order chi connectivity index (χ1) is 18.1. The molecule has 1 amide bonds. The van der Waals surface area contributed by atoms with Gasteiger partial charge < -0.3 is 29.4 Å². The highest BCUT2D eigenvalue weighted by Gasteiger charge is 2.42. The van der Waals surface area contributed by atoms with Gasteiger partial charge in [-0.2, -0.15) is 0 Å². The first-order valence-electron chi connectivity index (χ1n) is 11.7. The summed E-state index contributed by atoms with van der Waals surface area (Å²) >= 11 is 5.82. The SMILES string of the molecule is COCC(=O)Nc1cc(N2C(=S)N[C@H](c3ccccn3)[C@@H]2c2ccc(-c3ccccc3)o2)ccc1OC. The summed E-state index contributed by atoms with van der Waals surface area (Å²) in [7, 11) is 3.02. The van der Waals surface area contributed by atoms with Crippen molar-refractivity contribution in [3.05, 3.63) is 96.5 Å². The van der Waals surface area contributed by atoms with Crippen molar-refractivity contribution in [2.24, 2.45) is 0 Å². The van der Waals surface area contributed by atoms with Crippen molar-refractivity contribution in [3.63, 3.8) is 0 Å². The van der Waals surface area contributed by atoms with Gasteiger partial charge in [0.05, 0.1) is 24.5 Å². The minimum Gasteiger partial charge on any atom is -0.495 e. The van der Waals surface area contributed by atoms with Crippen LogP contribution in [0.25, 0.3) is 11.3 Å². The Morgan fingerprint density at radius 3 is 2.62 bits per heavy atom. The van der Waals surface area contributed by atoms with Gasteiger partial charge >= 0.3 is 0 Å². The quantitative estimate of drug-likeness (QED) is 0.314. The summed E-state index contributed by atoms with van der Waals surface area (Å²) in [6.07, 6.45) is 1.76. The van der Waals surface area contributed by atoms with Gasteiger partial charge in [-0.15, -0.1) is 0 Å². The Morgan fingerprint density at radius 1 is 1.08 bits per heavy atom. The van der Waals surface area contributed by atoms with Crippen LogP contribution in [0, 0.1) is 0 Å². The Hall–Kier alpha value is -4.21. The van der Waals surface area contributed by atoms with Crippen LogP contribution in [-0.4, -0.2) is 36.8 Å². The number of furan rings is 1. The van der Waals surface area contributed by atoms with Crippen LogP contribution < -0.4 is 20.3 Å². The predicted octanol–water partition coefficient (Wildman–Crippen LogP) is 5.11. The van der Waals surface area contributed by atoms with Gasteiger partial charge in [-0.05, 0) is 54.7 Å². The number of anilines is 2. The summed E-state index contributed by atoms with van der Waals surface area (Å²) in [5, 5.41) is 6.78. The first-order valence-corrected chi connectivity index (χ1v) is 12.1. The highest BCUT2D eigenvalue weighted by Crippen LogP contribution is 2.44. The number of carbonyl (C=O) groups is 1. The number of thiocarbonyl (C=S) groups is 1. The molecule has 9 heteroatoms. The molecule has 0 bridgehead atoms. The normalized spacial score (nSPS) is 16.9. The second kappa shape index (κ2) is 10.8. The minimum atomic E-state index is -0.337. The summed E-state index contributed by atoms with van der Waals surface area (Å²) in [5.74, 6) is 1.72. The Morgan fingerprint density at radius 2 is 1.89 bits per heavy atom. The molecular weight excluding hydrogens is 488 g/mol. The van der Waals surface area contributed by atoms with E-state index in [1.165, 1.54) is 7.11 Å². The zero-order valence-corrected chi connectivity index (χ0v) is 21.2. The molecule has 1 saturated heterocycles. The zero-order valence-electron chi connectivity index (χ0n) is 20.4. The maximum atomic E-state index is 12.3. The van der Waals surface area contributed by atoms with Crippen LogP contribution in [0.2, 0.25) is 0 Å². The maximum Gasteiger partial charge on any atom is 0.250 e. The molecule has 0 aliphatic carbocycles. The van der Waals surface area contributed by atoms with E-state index in [-0.39, 0.29) is 24.6 Å². The number of carbonyl (C=O) groups excluding carboxylic acids is 1. The molecule has 0 unspecified atom stereocenters. The molecule has 0 spiro atoms. The van der Waals surface area contributed by atoms with E-state index in [9.17, 15) is 4.79 Å². The van der Waals surface area contributed by atoms with Crippen LogP contribution in [0.1, 0.15) is 23.5 Å². The number of ether oxygens (including phenoxy) is 2. The number of aromatic nitrogens is 1. The van der Waals surface area contributed by atoms with E-state index in [1.54, 1.807) is 19.4 Å². The Labute approximate surface area is 220 Å². The van der Waals surface area contributed by atoms with Gasteiger partial charge in [0, 0.05) is 24.6 Å². The van der Waals surface area contributed by atoms with Crippen LogP contribution in [0.3, 0.4) is 0 Å². The molecule has 0 saturated carbocycles. The zero-order chi connectivity index (χ0) is 25.8. The van der Waals surface area contributed by atoms with Crippen molar-refractivity contribution in [2.45, 2.75) is 12.1 Å². The summed E-state index contributed by atoms with van der Waals surface area (Å²) in [6.45, 7) is -0.0733. The highest BCUT2D eigenvalue weighted by atomic mass is 32.1. The molecule has 2 aromatic heterocycles. The average Bonchev–Trinajstić information content (AvgIpc) is 3.54. The van der Waals surface area contributed by atoms with Gasteiger partial charge in [-0.1, -0.05) is 36.4 Å². The van der Waals surface area contributed by atoms with Gasteiger partial charge in [0.1, 0.15) is 29.9 Å². The molecule has 37 heavy (non-hydrogen) atoms. The summed E-state index contributed by atoms with van der Waals surface area (Å²) in [4.78, 5) is 18.8. The van der Waals surface area contributed by atoms with E-state index in [0.29, 0.717) is 16.5 Å². The molecule has 8 nitrogen and oxygen atoms in total. The fourth-order valence-corrected chi connectivity index (χ4v) is 4.80. The first kappa shape index (κ1) is 24.5. The number of amides is 1. The highest BCUT2D eigenvalue weighted by molar-refractivity contribution is 7.80. The smallest absolute Gasteiger partial charge is 0.250 e.